The van der Waals surface area contributed by atoms with Crippen molar-refractivity contribution in [3.63, 3.8) is 0 Å². The van der Waals surface area contributed by atoms with E-state index in [-0.39, 0.29) is 0 Å². The van der Waals surface area contributed by atoms with E-state index in [9.17, 15) is 0 Å². The highest BCUT2D eigenvalue weighted by Gasteiger charge is 2.17. The Morgan fingerprint density at radius 2 is 2.00 bits per heavy atom. The van der Waals surface area contributed by atoms with Crippen LogP contribution in [0, 0.1) is 12.8 Å². The Morgan fingerprint density at radius 3 is 2.63 bits per heavy atom. The fourth-order valence-corrected chi connectivity index (χ4v) is 2.93. The summed E-state index contributed by atoms with van der Waals surface area (Å²) in [5.74, 6) is 0.849. The number of aromatic nitrogens is 2. The van der Waals surface area contributed by atoms with Crippen molar-refractivity contribution in [3.8, 4) is 0 Å². The van der Waals surface area contributed by atoms with Crippen molar-refractivity contribution in [3.05, 3.63) is 17.5 Å². The van der Waals surface area contributed by atoms with Gasteiger partial charge in [-0.05, 0) is 64.9 Å². The predicted octanol–water partition coefficient (Wildman–Crippen LogP) is 2.03. The van der Waals surface area contributed by atoms with E-state index in [0.29, 0.717) is 0 Å². The van der Waals surface area contributed by atoms with Gasteiger partial charge in [0.2, 0.25) is 0 Å². The summed E-state index contributed by atoms with van der Waals surface area (Å²) in [7, 11) is 0. The van der Waals surface area contributed by atoms with Crippen LogP contribution in [-0.4, -0.2) is 40.9 Å². The average molecular weight is 264 g/mol. The Balaban J connectivity index is 1.72. The molecule has 1 fully saturated rings. The van der Waals surface area contributed by atoms with Gasteiger partial charge in [-0.2, -0.15) is 5.10 Å². The Kier molecular flexibility index (Phi) is 5.40. The summed E-state index contributed by atoms with van der Waals surface area (Å²) in [6.07, 6.45) is 2.68. The Bertz CT molecular complexity index is 377. The lowest BCUT2D eigenvalue weighted by atomic mass is 9.97. The molecule has 4 heteroatoms. The van der Waals surface area contributed by atoms with Crippen LogP contribution in [0.25, 0.3) is 0 Å². The molecular weight excluding hydrogens is 236 g/mol. The van der Waals surface area contributed by atoms with Gasteiger partial charge in [-0.1, -0.05) is 6.92 Å². The summed E-state index contributed by atoms with van der Waals surface area (Å²) in [6, 6.07) is 2.19. The second-order valence-corrected chi connectivity index (χ2v) is 5.60. The van der Waals surface area contributed by atoms with Crippen LogP contribution < -0.4 is 5.32 Å². The van der Waals surface area contributed by atoms with Gasteiger partial charge in [-0.25, -0.2) is 0 Å². The third-order valence-corrected chi connectivity index (χ3v) is 4.18. The number of piperidine rings is 1. The molecule has 0 aromatic carbocycles. The predicted molar refractivity (Wildman–Crippen MR) is 79.2 cm³/mol. The van der Waals surface area contributed by atoms with Crippen LogP contribution in [0.15, 0.2) is 6.07 Å². The molecule has 1 aromatic rings. The van der Waals surface area contributed by atoms with E-state index in [4.69, 9.17) is 0 Å². The normalized spacial score (nSPS) is 18.1. The summed E-state index contributed by atoms with van der Waals surface area (Å²) in [5.41, 5.74) is 2.43. The molecule has 0 radical (unpaired) electrons. The summed E-state index contributed by atoms with van der Waals surface area (Å²) in [5, 5.41) is 8.10. The molecule has 1 aliphatic heterocycles. The SMILES string of the molecule is CCN1CCC(CNCc2cc(C)nn2CC)CC1. The molecule has 0 bridgehead atoms. The first-order valence-electron chi connectivity index (χ1n) is 7.69. The van der Waals surface area contributed by atoms with Crippen molar-refractivity contribution < 1.29 is 0 Å². The van der Waals surface area contributed by atoms with Gasteiger partial charge in [0.1, 0.15) is 0 Å². The lowest BCUT2D eigenvalue weighted by Gasteiger charge is -2.31. The van der Waals surface area contributed by atoms with Crippen molar-refractivity contribution in [2.75, 3.05) is 26.2 Å². The van der Waals surface area contributed by atoms with Crippen LogP contribution in [-0.2, 0) is 13.1 Å². The fourth-order valence-electron chi connectivity index (χ4n) is 2.93. The van der Waals surface area contributed by atoms with E-state index >= 15 is 0 Å². The number of nitrogens with one attached hydrogen (secondary N) is 1. The molecule has 19 heavy (non-hydrogen) atoms. The third kappa shape index (κ3) is 4.05. The first-order valence-corrected chi connectivity index (χ1v) is 7.69. The number of nitrogens with zero attached hydrogens (tertiary/aromatic N) is 3. The van der Waals surface area contributed by atoms with E-state index in [2.05, 4.69) is 46.8 Å². The largest absolute Gasteiger partial charge is 0.311 e. The van der Waals surface area contributed by atoms with E-state index in [1.165, 1.54) is 38.2 Å². The molecule has 2 rings (SSSR count). The Hall–Kier alpha value is -0.870. The highest BCUT2D eigenvalue weighted by atomic mass is 15.3. The molecule has 0 atom stereocenters. The van der Waals surface area contributed by atoms with Gasteiger partial charge in [0.15, 0.2) is 0 Å². The summed E-state index contributed by atoms with van der Waals surface area (Å²) in [6.45, 7) is 13.3. The van der Waals surface area contributed by atoms with Crippen molar-refractivity contribution in [2.45, 2.75) is 46.7 Å². The van der Waals surface area contributed by atoms with Crippen molar-refractivity contribution in [1.82, 2.24) is 20.0 Å². The number of hydrogen-bond donors (Lipinski definition) is 1. The quantitative estimate of drug-likeness (QED) is 0.853. The van der Waals surface area contributed by atoms with Gasteiger partial charge >= 0.3 is 0 Å². The van der Waals surface area contributed by atoms with Crippen LogP contribution in [0.4, 0.5) is 0 Å². The molecule has 0 unspecified atom stereocenters. The van der Waals surface area contributed by atoms with E-state index in [0.717, 1.165) is 31.2 Å². The second-order valence-electron chi connectivity index (χ2n) is 5.60. The first kappa shape index (κ1) is 14.5. The maximum absolute atomic E-state index is 4.49. The van der Waals surface area contributed by atoms with Crippen molar-refractivity contribution in [1.29, 1.82) is 0 Å². The topological polar surface area (TPSA) is 33.1 Å². The molecule has 1 aliphatic rings. The van der Waals surface area contributed by atoms with Crippen LogP contribution in [0.2, 0.25) is 0 Å². The highest BCUT2D eigenvalue weighted by molar-refractivity contribution is 5.08. The summed E-state index contributed by atoms with van der Waals surface area (Å²) >= 11 is 0. The lowest BCUT2D eigenvalue weighted by Crippen LogP contribution is -2.37. The van der Waals surface area contributed by atoms with Crippen molar-refractivity contribution in [2.24, 2.45) is 5.92 Å². The highest BCUT2D eigenvalue weighted by Crippen LogP contribution is 2.16. The van der Waals surface area contributed by atoms with Gasteiger partial charge in [-0.15, -0.1) is 0 Å². The minimum absolute atomic E-state index is 0.849. The lowest BCUT2D eigenvalue weighted by molar-refractivity contribution is 0.190. The van der Waals surface area contributed by atoms with E-state index < -0.39 is 0 Å². The molecule has 108 valence electrons. The molecule has 0 spiro atoms. The molecule has 4 nitrogen and oxygen atoms in total. The smallest absolute Gasteiger partial charge is 0.0597 e. The third-order valence-electron chi connectivity index (χ3n) is 4.18. The second kappa shape index (κ2) is 7.06. The first-order chi connectivity index (χ1) is 9.22. The Morgan fingerprint density at radius 1 is 1.26 bits per heavy atom. The molecule has 0 amide bonds. The van der Waals surface area contributed by atoms with Crippen molar-refractivity contribution >= 4 is 0 Å². The van der Waals surface area contributed by atoms with Crippen LogP contribution in [0.3, 0.4) is 0 Å². The number of hydrogen-bond acceptors (Lipinski definition) is 3. The maximum Gasteiger partial charge on any atom is 0.0597 e. The zero-order valence-electron chi connectivity index (χ0n) is 12.7. The van der Waals surface area contributed by atoms with E-state index in [1.54, 1.807) is 0 Å². The number of likely N-dealkylation sites (tertiary alicyclic amines) is 1. The van der Waals surface area contributed by atoms with E-state index in [1.807, 2.05) is 0 Å². The minimum atomic E-state index is 0.849. The molecule has 2 heterocycles. The fraction of sp³-hybridized carbons (Fsp3) is 0.800. The standard InChI is InChI=1S/C15H28N4/c1-4-18-8-6-14(7-9-18)11-16-12-15-10-13(3)17-19(15)5-2/h10,14,16H,4-9,11-12H2,1-3H3. The number of aryl methyl sites for hydroxylation is 2. The van der Waals surface area contributed by atoms with Crippen LogP contribution in [0.1, 0.15) is 38.1 Å². The molecule has 0 saturated carbocycles. The van der Waals surface area contributed by atoms with Gasteiger partial charge in [0.05, 0.1) is 11.4 Å². The molecule has 0 aliphatic carbocycles. The number of rotatable bonds is 6. The van der Waals surface area contributed by atoms with Gasteiger partial charge in [0, 0.05) is 13.1 Å². The maximum atomic E-state index is 4.49. The van der Waals surface area contributed by atoms with Gasteiger partial charge in [-0.3, -0.25) is 4.68 Å². The van der Waals surface area contributed by atoms with Crippen LogP contribution in [0.5, 0.6) is 0 Å². The summed E-state index contributed by atoms with van der Waals surface area (Å²) in [4.78, 5) is 2.55. The monoisotopic (exact) mass is 264 g/mol. The Labute approximate surface area is 117 Å². The van der Waals surface area contributed by atoms with Crippen LogP contribution >= 0.6 is 0 Å². The zero-order chi connectivity index (χ0) is 13.7. The van der Waals surface area contributed by atoms with Gasteiger partial charge < -0.3 is 10.2 Å². The summed E-state index contributed by atoms with van der Waals surface area (Å²) < 4.78 is 2.10. The zero-order valence-corrected chi connectivity index (χ0v) is 12.7. The minimum Gasteiger partial charge on any atom is -0.311 e. The molecular formula is C15H28N4. The van der Waals surface area contributed by atoms with Gasteiger partial charge in [0.25, 0.3) is 0 Å². The molecule has 1 N–H and O–H groups in total. The molecule has 1 saturated heterocycles. The average Bonchev–Trinajstić information content (AvgIpc) is 2.80. The molecule has 1 aromatic heterocycles.